The van der Waals surface area contributed by atoms with Crippen molar-refractivity contribution in [2.24, 2.45) is 5.92 Å². The SMILES string of the molecule is Nc1ncc(Cl)c(NCC2CC2)n1. The minimum absolute atomic E-state index is 0.252. The van der Waals surface area contributed by atoms with Gasteiger partial charge in [-0.15, -0.1) is 0 Å². The first-order chi connectivity index (χ1) is 6.25. The zero-order chi connectivity index (χ0) is 9.26. The molecule has 0 atom stereocenters. The molecule has 4 nitrogen and oxygen atoms in total. The van der Waals surface area contributed by atoms with Crippen LogP contribution in [0.4, 0.5) is 11.8 Å². The molecule has 2 rings (SSSR count). The highest BCUT2D eigenvalue weighted by atomic mass is 35.5. The predicted octanol–water partition coefficient (Wildman–Crippen LogP) is 1.53. The van der Waals surface area contributed by atoms with E-state index in [-0.39, 0.29) is 5.95 Å². The van der Waals surface area contributed by atoms with E-state index in [1.54, 1.807) is 0 Å². The molecule has 0 aliphatic heterocycles. The van der Waals surface area contributed by atoms with Crippen LogP contribution in [0.5, 0.6) is 0 Å². The third kappa shape index (κ3) is 2.21. The number of anilines is 2. The van der Waals surface area contributed by atoms with E-state index in [9.17, 15) is 0 Å². The summed E-state index contributed by atoms with van der Waals surface area (Å²) < 4.78 is 0. The highest BCUT2D eigenvalue weighted by Crippen LogP contribution is 2.29. The van der Waals surface area contributed by atoms with Gasteiger partial charge in [0.2, 0.25) is 5.95 Å². The van der Waals surface area contributed by atoms with Gasteiger partial charge in [0, 0.05) is 6.54 Å². The normalized spacial score (nSPS) is 15.8. The molecule has 70 valence electrons. The molecule has 0 unspecified atom stereocenters. The number of aromatic nitrogens is 2. The van der Waals surface area contributed by atoms with Crippen LogP contribution in [-0.2, 0) is 0 Å². The lowest BCUT2D eigenvalue weighted by Crippen LogP contribution is -2.07. The monoisotopic (exact) mass is 198 g/mol. The lowest BCUT2D eigenvalue weighted by Gasteiger charge is -2.05. The van der Waals surface area contributed by atoms with E-state index in [2.05, 4.69) is 15.3 Å². The van der Waals surface area contributed by atoms with Crippen LogP contribution < -0.4 is 11.1 Å². The molecular formula is C8H11ClN4. The zero-order valence-corrected chi connectivity index (χ0v) is 7.88. The molecule has 1 aromatic rings. The van der Waals surface area contributed by atoms with E-state index in [0.717, 1.165) is 12.5 Å². The molecule has 1 saturated carbocycles. The van der Waals surface area contributed by atoms with Crippen LogP contribution in [0, 0.1) is 5.92 Å². The number of nitrogens with two attached hydrogens (primary N) is 1. The molecule has 0 aromatic carbocycles. The molecule has 0 spiro atoms. The number of halogens is 1. The van der Waals surface area contributed by atoms with Crippen LogP contribution >= 0.6 is 11.6 Å². The van der Waals surface area contributed by atoms with Crippen molar-refractivity contribution in [2.75, 3.05) is 17.6 Å². The number of hydrogen-bond acceptors (Lipinski definition) is 4. The summed E-state index contributed by atoms with van der Waals surface area (Å²) >= 11 is 5.86. The first-order valence-corrected chi connectivity index (χ1v) is 4.65. The fraction of sp³-hybridized carbons (Fsp3) is 0.500. The van der Waals surface area contributed by atoms with Crippen molar-refractivity contribution in [3.63, 3.8) is 0 Å². The maximum atomic E-state index is 5.86. The Bertz CT molecular complexity index is 311. The van der Waals surface area contributed by atoms with Gasteiger partial charge in [-0.1, -0.05) is 11.6 Å². The van der Waals surface area contributed by atoms with Crippen LogP contribution in [0.2, 0.25) is 5.02 Å². The van der Waals surface area contributed by atoms with Gasteiger partial charge in [0.1, 0.15) is 10.8 Å². The third-order valence-electron chi connectivity index (χ3n) is 2.02. The van der Waals surface area contributed by atoms with Gasteiger partial charge in [-0.05, 0) is 18.8 Å². The Morgan fingerprint density at radius 2 is 2.38 bits per heavy atom. The highest BCUT2D eigenvalue weighted by molar-refractivity contribution is 6.32. The standard InChI is InChI=1S/C8H11ClN4/c9-6-4-12-8(10)13-7(6)11-3-5-1-2-5/h4-5H,1-3H2,(H3,10,11,12,13). The Morgan fingerprint density at radius 1 is 1.62 bits per heavy atom. The van der Waals surface area contributed by atoms with E-state index >= 15 is 0 Å². The summed E-state index contributed by atoms with van der Waals surface area (Å²) in [5.41, 5.74) is 5.43. The van der Waals surface area contributed by atoms with Gasteiger partial charge >= 0.3 is 0 Å². The van der Waals surface area contributed by atoms with Gasteiger partial charge in [0.05, 0.1) is 6.20 Å². The Balaban J connectivity index is 2.03. The summed E-state index contributed by atoms with van der Waals surface area (Å²) in [6.07, 6.45) is 4.11. The van der Waals surface area contributed by atoms with Crippen molar-refractivity contribution in [1.29, 1.82) is 0 Å². The Morgan fingerprint density at radius 3 is 3.08 bits per heavy atom. The molecule has 0 saturated heterocycles. The minimum Gasteiger partial charge on any atom is -0.368 e. The van der Waals surface area contributed by atoms with Crippen LogP contribution in [0.15, 0.2) is 6.20 Å². The van der Waals surface area contributed by atoms with Gasteiger partial charge in [-0.2, -0.15) is 4.98 Å². The molecule has 0 radical (unpaired) electrons. The molecule has 1 fully saturated rings. The minimum atomic E-state index is 0.252. The molecule has 0 amide bonds. The Labute approximate surface area is 81.5 Å². The Kier molecular flexibility index (Phi) is 2.22. The van der Waals surface area contributed by atoms with Crippen LogP contribution in [0.25, 0.3) is 0 Å². The first-order valence-electron chi connectivity index (χ1n) is 4.27. The van der Waals surface area contributed by atoms with Gasteiger partial charge in [-0.3, -0.25) is 0 Å². The molecule has 1 aliphatic rings. The summed E-state index contributed by atoms with van der Waals surface area (Å²) in [6.45, 7) is 0.927. The quantitative estimate of drug-likeness (QED) is 0.773. The molecular weight excluding hydrogens is 188 g/mol. The van der Waals surface area contributed by atoms with Crippen molar-refractivity contribution in [2.45, 2.75) is 12.8 Å². The molecule has 1 aliphatic carbocycles. The van der Waals surface area contributed by atoms with Crippen LogP contribution in [0.3, 0.4) is 0 Å². The van der Waals surface area contributed by atoms with E-state index < -0.39 is 0 Å². The van der Waals surface area contributed by atoms with Gasteiger partial charge < -0.3 is 11.1 Å². The number of hydrogen-bond donors (Lipinski definition) is 2. The molecule has 13 heavy (non-hydrogen) atoms. The van der Waals surface area contributed by atoms with Gasteiger partial charge in [-0.25, -0.2) is 4.98 Å². The van der Waals surface area contributed by atoms with Crippen molar-refractivity contribution in [3.05, 3.63) is 11.2 Å². The summed E-state index contributed by atoms with van der Waals surface area (Å²) in [6, 6.07) is 0. The number of nitrogen functional groups attached to an aromatic ring is 1. The topological polar surface area (TPSA) is 63.8 Å². The number of rotatable bonds is 3. The average molecular weight is 199 g/mol. The second-order valence-electron chi connectivity index (χ2n) is 3.25. The summed E-state index contributed by atoms with van der Waals surface area (Å²) in [5, 5.41) is 3.68. The highest BCUT2D eigenvalue weighted by Gasteiger charge is 2.21. The number of nitrogens with one attached hydrogen (secondary N) is 1. The van der Waals surface area contributed by atoms with Crippen molar-refractivity contribution >= 4 is 23.4 Å². The predicted molar refractivity (Wildman–Crippen MR) is 52.7 cm³/mol. The maximum absolute atomic E-state index is 5.86. The fourth-order valence-electron chi connectivity index (χ4n) is 1.07. The summed E-state index contributed by atoms with van der Waals surface area (Å²) in [7, 11) is 0. The van der Waals surface area contributed by atoms with Crippen LogP contribution in [-0.4, -0.2) is 16.5 Å². The van der Waals surface area contributed by atoms with Crippen LogP contribution in [0.1, 0.15) is 12.8 Å². The van der Waals surface area contributed by atoms with E-state index in [4.69, 9.17) is 17.3 Å². The fourth-order valence-corrected chi connectivity index (χ4v) is 1.23. The lowest BCUT2D eigenvalue weighted by atomic mass is 10.4. The van der Waals surface area contributed by atoms with E-state index in [0.29, 0.717) is 10.8 Å². The Hall–Kier alpha value is -1.03. The lowest BCUT2D eigenvalue weighted by molar-refractivity contribution is 0.882. The molecule has 0 bridgehead atoms. The molecule has 1 aromatic heterocycles. The summed E-state index contributed by atoms with van der Waals surface area (Å²) in [4.78, 5) is 7.77. The smallest absolute Gasteiger partial charge is 0.222 e. The second kappa shape index (κ2) is 3.38. The van der Waals surface area contributed by atoms with Crippen molar-refractivity contribution in [3.8, 4) is 0 Å². The maximum Gasteiger partial charge on any atom is 0.222 e. The van der Waals surface area contributed by atoms with E-state index in [1.807, 2.05) is 0 Å². The molecule has 1 heterocycles. The van der Waals surface area contributed by atoms with Crippen molar-refractivity contribution in [1.82, 2.24) is 9.97 Å². The van der Waals surface area contributed by atoms with Crippen molar-refractivity contribution < 1.29 is 0 Å². The zero-order valence-electron chi connectivity index (χ0n) is 7.13. The first kappa shape index (κ1) is 8.56. The molecule has 5 heteroatoms. The van der Waals surface area contributed by atoms with E-state index in [1.165, 1.54) is 19.0 Å². The van der Waals surface area contributed by atoms with Gasteiger partial charge in [0.15, 0.2) is 0 Å². The second-order valence-corrected chi connectivity index (χ2v) is 3.66. The molecule has 3 N–H and O–H groups in total. The van der Waals surface area contributed by atoms with Gasteiger partial charge in [0.25, 0.3) is 0 Å². The summed E-state index contributed by atoms with van der Waals surface area (Å²) in [5.74, 6) is 1.68. The third-order valence-corrected chi connectivity index (χ3v) is 2.29. The largest absolute Gasteiger partial charge is 0.368 e. The average Bonchev–Trinajstić information content (AvgIpc) is 2.90. The number of nitrogens with zero attached hydrogens (tertiary/aromatic N) is 2.